The fraction of sp³-hybridized carbons (Fsp3) is 0.611. The molecule has 2 N–H and O–H groups in total. The van der Waals surface area contributed by atoms with Crippen molar-refractivity contribution in [2.45, 2.75) is 64.8 Å². The number of ketones is 1. The predicted octanol–water partition coefficient (Wildman–Crippen LogP) is 2.59. The van der Waals surface area contributed by atoms with E-state index in [1.54, 1.807) is 0 Å². The van der Waals surface area contributed by atoms with E-state index in [9.17, 15) is 14.4 Å². The Kier molecular flexibility index (Phi) is 4.13. The van der Waals surface area contributed by atoms with Gasteiger partial charge in [-0.25, -0.2) is 0 Å². The first-order valence-corrected chi connectivity index (χ1v) is 8.46. The second-order valence-electron chi connectivity index (χ2n) is 7.65. The van der Waals surface area contributed by atoms with Crippen LogP contribution in [-0.2, 0) is 6.42 Å². The highest BCUT2D eigenvalue weighted by molar-refractivity contribution is 6.02. The van der Waals surface area contributed by atoms with Crippen molar-refractivity contribution in [2.75, 3.05) is 0 Å². The summed E-state index contributed by atoms with van der Waals surface area (Å²) in [6.45, 7) is 4.02. The Morgan fingerprint density at radius 1 is 1.17 bits per heavy atom. The van der Waals surface area contributed by atoms with E-state index < -0.39 is 5.56 Å². The van der Waals surface area contributed by atoms with E-state index in [0.717, 1.165) is 25.7 Å². The third-order valence-corrected chi connectivity index (χ3v) is 4.90. The molecule has 0 unspecified atom stereocenters. The quantitative estimate of drug-likeness (QED) is 0.880. The van der Waals surface area contributed by atoms with Crippen molar-refractivity contribution in [3.63, 3.8) is 0 Å². The van der Waals surface area contributed by atoms with Gasteiger partial charge in [0.1, 0.15) is 5.56 Å². The monoisotopic (exact) mass is 316 g/mol. The lowest BCUT2D eigenvalue weighted by Gasteiger charge is -2.30. The van der Waals surface area contributed by atoms with Crippen LogP contribution in [0.1, 0.15) is 78.8 Å². The molecule has 3 rings (SSSR count). The summed E-state index contributed by atoms with van der Waals surface area (Å²) in [6, 6.07) is 1.63. The van der Waals surface area contributed by atoms with Crippen molar-refractivity contribution in [3.8, 4) is 0 Å². The summed E-state index contributed by atoms with van der Waals surface area (Å²) in [5.41, 5.74) is 0.659. The number of carbonyl (C=O) groups is 2. The van der Waals surface area contributed by atoms with Crippen LogP contribution in [0.15, 0.2) is 10.9 Å². The molecule has 5 heteroatoms. The van der Waals surface area contributed by atoms with Gasteiger partial charge in [-0.05, 0) is 30.7 Å². The molecule has 2 aliphatic rings. The van der Waals surface area contributed by atoms with E-state index >= 15 is 0 Å². The maximum atomic E-state index is 12.4. The van der Waals surface area contributed by atoms with Crippen LogP contribution in [0.4, 0.5) is 0 Å². The molecule has 0 radical (unpaired) electrons. The molecule has 1 amide bonds. The van der Waals surface area contributed by atoms with Gasteiger partial charge in [-0.3, -0.25) is 14.4 Å². The smallest absolute Gasteiger partial charge is 0.261 e. The highest BCUT2D eigenvalue weighted by Gasteiger charge is 2.32. The lowest BCUT2D eigenvalue weighted by Crippen LogP contribution is -2.40. The second kappa shape index (κ2) is 5.95. The number of rotatable bonds is 2. The molecule has 0 aliphatic heterocycles. The van der Waals surface area contributed by atoms with Gasteiger partial charge in [0.05, 0.1) is 0 Å². The third-order valence-electron chi connectivity index (χ3n) is 4.90. The lowest BCUT2D eigenvalue weighted by atomic mass is 9.75. The van der Waals surface area contributed by atoms with Crippen LogP contribution in [0, 0.1) is 5.41 Å². The maximum absolute atomic E-state index is 12.4. The standard InChI is InChI=1S/C18H24N2O3/c1-18(2)9-14-12(15(21)10-18)8-13(17(23)20-14)16(22)19-11-6-4-3-5-7-11/h8,11H,3-7,9-10H2,1-2H3,(H,19,22)(H,20,23). The topological polar surface area (TPSA) is 79.0 Å². The molecule has 0 atom stereocenters. The first kappa shape index (κ1) is 16.0. The SMILES string of the molecule is CC1(C)CC(=O)c2cc(C(=O)NC3CCCCC3)c(=O)[nH]c2C1. The number of pyridine rings is 1. The minimum absolute atomic E-state index is 0.000726. The normalized spacial score (nSPS) is 20.9. The fourth-order valence-electron chi connectivity index (χ4n) is 3.71. The van der Waals surface area contributed by atoms with Crippen LogP contribution >= 0.6 is 0 Å². The zero-order valence-corrected chi connectivity index (χ0v) is 13.8. The van der Waals surface area contributed by atoms with Gasteiger partial charge in [-0.1, -0.05) is 33.1 Å². The number of aromatic amines is 1. The van der Waals surface area contributed by atoms with Crippen LogP contribution in [0.2, 0.25) is 0 Å². The first-order chi connectivity index (χ1) is 10.9. The van der Waals surface area contributed by atoms with Gasteiger partial charge in [0.15, 0.2) is 5.78 Å². The number of amides is 1. The number of aromatic nitrogens is 1. The van der Waals surface area contributed by atoms with Crippen molar-refractivity contribution in [3.05, 3.63) is 33.2 Å². The Bertz CT molecular complexity index is 697. The van der Waals surface area contributed by atoms with Gasteiger partial charge in [0.25, 0.3) is 11.5 Å². The van der Waals surface area contributed by atoms with E-state index in [4.69, 9.17) is 0 Å². The molecule has 1 aromatic rings. The van der Waals surface area contributed by atoms with Crippen molar-refractivity contribution >= 4 is 11.7 Å². The molecular formula is C18H24N2O3. The molecule has 0 bridgehead atoms. The molecule has 0 saturated heterocycles. The number of carbonyl (C=O) groups excluding carboxylic acids is 2. The van der Waals surface area contributed by atoms with Crippen LogP contribution in [0.25, 0.3) is 0 Å². The summed E-state index contributed by atoms with van der Waals surface area (Å²) in [5, 5.41) is 2.94. The number of hydrogen-bond donors (Lipinski definition) is 2. The molecule has 0 aromatic carbocycles. The average molecular weight is 316 g/mol. The average Bonchev–Trinajstić information content (AvgIpc) is 2.46. The van der Waals surface area contributed by atoms with Crippen molar-refractivity contribution in [2.24, 2.45) is 5.41 Å². The van der Waals surface area contributed by atoms with Crippen LogP contribution in [0.3, 0.4) is 0 Å². The number of fused-ring (bicyclic) bond motifs is 1. The molecule has 1 saturated carbocycles. The highest BCUT2D eigenvalue weighted by atomic mass is 16.2. The summed E-state index contributed by atoms with van der Waals surface area (Å²) in [6.07, 6.45) is 6.43. The summed E-state index contributed by atoms with van der Waals surface area (Å²) in [7, 11) is 0. The Morgan fingerprint density at radius 2 is 1.87 bits per heavy atom. The maximum Gasteiger partial charge on any atom is 0.261 e. The second-order valence-corrected chi connectivity index (χ2v) is 7.65. The molecule has 124 valence electrons. The molecule has 23 heavy (non-hydrogen) atoms. The van der Waals surface area contributed by atoms with Crippen molar-refractivity contribution in [1.82, 2.24) is 10.3 Å². The van der Waals surface area contributed by atoms with Gasteiger partial charge in [-0.15, -0.1) is 0 Å². The van der Waals surface area contributed by atoms with Gasteiger partial charge in [0.2, 0.25) is 0 Å². The van der Waals surface area contributed by atoms with Gasteiger partial charge in [-0.2, -0.15) is 0 Å². The van der Waals surface area contributed by atoms with Crippen LogP contribution in [0.5, 0.6) is 0 Å². The minimum Gasteiger partial charge on any atom is -0.349 e. The minimum atomic E-state index is -0.400. The first-order valence-electron chi connectivity index (χ1n) is 8.46. The summed E-state index contributed by atoms with van der Waals surface area (Å²) in [5.74, 6) is -0.363. The number of nitrogens with one attached hydrogen (secondary N) is 2. The molecule has 0 spiro atoms. The van der Waals surface area contributed by atoms with Crippen molar-refractivity contribution in [1.29, 1.82) is 0 Å². The summed E-state index contributed by atoms with van der Waals surface area (Å²) >= 11 is 0. The predicted molar refractivity (Wildman–Crippen MR) is 87.8 cm³/mol. The Labute approximate surface area is 135 Å². The summed E-state index contributed by atoms with van der Waals surface area (Å²) in [4.78, 5) is 39.8. The fourth-order valence-corrected chi connectivity index (χ4v) is 3.71. The molecule has 1 heterocycles. The van der Waals surface area contributed by atoms with Crippen LogP contribution < -0.4 is 10.9 Å². The van der Waals surface area contributed by atoms with E-state index in [-0.39, 0.29) is 28.7 Å². The Balaban J connectivity index is 1.86. The Morgan fingerprint density at radius 3 is 2.57 bits per heavy atom. The van der Waals surface area contributed by atoms with Crippen LogP contribution in [-0.4, -0.2) is 22.7 Å². The van der Waals surface area contributed by atoms with E-state index in [0.29, 0.717) is 24.1 Å². The summed E-state index contributed by atoms with van der Waals surface area (Å²) < 4.78 is 0. The molecular weight excluding hydrogens is 292 g/mol. The molecule has 5 nitrogen and oxygen atoms in total. The van der Waals surface area contributed by atoms with E-state index in [1.165, 1.54) is 12.5 Å². The number of H-pyrrole nitrogens is 1. The highest BCUT2D eigenvalue weighted by Crippen LogP contribution is 2.33. The van der Waals surface area contributed by atoms with Gasteiger partial charge < -0.3 is 10.3 Å². The zero-order chi connectivity index (χ0) is 16.6. The molecule has 1 fully saturated rings. The number of hydrogen-bond acceptors (Lipinski definition) is 3. The third kappa shape index (κ3) is 3.38. The van der Waals surface area contributed by atoms with Crippen molar-refractivity contribution < 1.29 is 9.59 Å². The van der Waals surface area contributed by atoms with Gasteiger partial charge >= 0.3 is 0 Å². The zero-order valence-electron chi connectivity index (χ0n) is 13.8. The van der Waals surface area contributed by atoms with E-state index in [1.807, 2.05) is 13.8 Å². The molecule has 2 aliphatic carbocycles. The van der Waals surface area contributed by atoms with E-state index in [2.05, 4.69) is 10.3 Å². The largest absolute Gasteiger partial charge is 0.349 e. The lowest BCUT2D eigenvalue weighted by molar-refractivity contribution is 0.0910. The molecule has 1 aromatic heterocycles. The van der Waals surface area contributed by atoms with Gasteiger partial charge in [0, 0.05) is 23.7 Å². The Hall–Kier alpha value is -1.91. The number of Topliss-reactive ketones (excluding diaryl/α,β-unsaturated/α-hetero) is 1.